The summed E-state index contributed by atoms with van der Waals surface area (Å²) < 4.78 is 5.05. The molecule has 0 radical (unpaired) electrons. The van der Waals surface area contributed by atoms with E-state index in [0.717, 1.165) is 45.1 Å². The van der Waals surface area contributed by atoms with Crippen LogP contribution in [0.25, 0.3) is 0 Å². The van der Waals surface area contributed by atoms with Gasteiger partial charge in [-0.05, 0) is 57.8 Å². The average molecular weight is 355 g/mol. The Hall–Kier alpha value is -0.680. The van der Waals surface area contributed by atoms with Gasteiger partial charge in [-0.1, -0.05) is 37.1 Å². The van der Waals surface area contributed by atoms with Crippen molar-refractivity contribution in [3.8, 4) is 0 Å². The zero-order valence-corrected chi connectivity index (χ0v) is 15.9. The van der Waals surface area contributed by atoms with Gasteiger partial charge in [-0.25, -0.2) is 0 Å². The van der Waals surface area contributed by atoms with Crippen molar-refractivity contribution in [2.24, 2.45) is 5.92 Å². The molecule has 4 nitrogen and oxygen atoms in total. The van der Waals surface area contributed by atoms with Gasteiger partial charge in [-0.2, -0.15) is 0 Å². The first-order valence-electron chi connectivity index (χ1n) is 9.96. The molecule has 1 rings (SSSR count). The smallest absolute Gasteiger partial charge is 0.0770 e. The highest BCUT2D eigenvalue weighted by Gasteiger charge is 2.44. The summed E-state index contributed by atoms with van der Waals surface area (Å²) >= 11 is 0. The van der Waals surface area contributed by atoms with E-state index in [1.54, 1.807) is 7.11 Å². The van der Waals surface area contributed by atoms with Crippen molar-refractivity contribution in [2.75, 3.05) is 20.3 Å². The van der Waals surface area contributed by atoms with Gasteiger partial charge in [0.15, 0.2) is 0 Å². The van der Waals surface area contributed by atoms with Crippen LogP contribution in [-0.4, -0.2) is 47.3 Å². The molecule has 0 aliphatic heterocycles. The second-order valence-corrected chi connectivity index (χ2v) is 7.25. The summed E-state index contributed by atoms with van der Waals surface area (Å²) in [4.78, 5) is 0. The van der Waals surface area contributed by atoms with Gasteiger partial charge < -0.3 is 20.1 Å². The minimum atomic E-state index is -0.818. The van der Waals surface area contributed by atoms with Crippen molar-refractivity contribution < 1.29 is 20.1 Å². The Morgan fingerprint density at radius 3 is 2.48 bits per heavy atom. The van der Waals surface area contributed by atoms with Crippen LogP contribution in [0.5, 0.6) is 0 Å². The zero-order chi connectivity index (χ0) is 18.4. The van der Waals surface area contributed by atoms with Crippen LogP contribution < -0.4 is 0 Å². The van der Waals surface area contributed by atoms with Gasteiger partial charge in [0.05, 0.1) is 11.7 Å². The second-order valence-electron chi connectivity index (χ2n) is 7.25. The van der Waals surface area contributed by atoms with E-state index in [0.29, 0.717) is 19.3 Å². The number of methoxy groups -OCH3 is 1. The molecule has 1 fully saturated rings. The zero-order valence-electron chi connectivity index (χ0n) is 15.9. The summed E-state index contributed by atoms with van der Waals surface area (Å²) in [6, 6.07) is 0. The number of hydrogen-bond donors (Lipinski definition) is 3. The molecule has 0 heterocycles. The predicted molar refractivity (Wildman–Crippen MR) is 102 cm³/mol. The van der Waals surface area contributed by atoms with E-state index in [-0.39, 0.29) is 12.5 Å². The highest BCUT2D eigenvalue weighted by Crippen LogP contribution is 2.39. The normalized spacial score (nSPS) is 27.0. The summed E-state index contributed by atoms with van der Waals surface area (Å²) in [7, 11) is 1.74. The highest BCUT2D eigenvalue weighted by atomic mass is 16.5. The van der Waals surface area contributed by atoms with Gasteiger partial charge in [0, 0.05) is 26.2 Å². The standard InChI is InChI=1S/C21H38O4/c1-25-18-12-8-3-2-5-9-13-19-20(23)14-16-21(19,24)15-10-6-4-7-11-17-22/h6,9-10,13,19-20,22-24H,2-5,7-8,11-12,14-18H2,1H3/t19-,20+,21?/m1/s1. The Balaban J connectivity index is 2.32. The third-order valence-corrected chi connectivity index (χ3v) is 5.14. The summed E-state index contributed by atoms with van der Waals surface area (Å²) in [5.74, 6) is -0.164. The Bertz CT molecular complexity index is 380. The first-order valence-corrected chi connectivity index (χ1v) is 9.96. The van der Waals surface area contributed by atoms with Crippen LogP contribution >= 0.6 is 0 Å². The molecule has 0 aromatic heterocycles. The van der Waals surface area contributed by atoms with Gasteiger partial charge in [0.25, 0.3) is 0 Å². The van der Waals surface area contributed by atoms with Crippen molar-refractivity contribution in [2.45, 2.75) is 82.3 Å². The Kier molecular flexibility index (Phi) is 12.1. The molecule has 0 bridgehead atoms. The third kappa shape index (κ3) is 9.00. The molecule has 0 aromatic rings. The van der Waals surface area contributed by atoms with Crippen molar-refractivity contribution >= 4 is 0 Å². The SMILES string of the molecule is COCCCCCCC=C[C@@H]1[C@@H](O)CCC1(O)CC=CCCCCO. The minimum absolute atomic E-state index is 0.164. The highest BCUT2D eigenvalue weighted by molar-refractivity contribution is 5.10. The second kappa shape index (κ2) is 13.5. The molecule has 3 N–H and O–H groups in total. The van der Waals surface area contributed by atoms with E-state index in [9.17, 15) is 10.2 Å². The molecule has 4 heteroatoms. The fraction of sp³-hybridized carbons (Fsp3) is 0.810. The topological polar surface area (TPSA) is 69.9 Å². The van der Waals surface area contributed by atoms with Crippen LogP contribution in [0.3, 0.4) is 0 Å². The molecule has 1 aliphatic carbocycles. The average Bonchev–Trinajstić information content (AvgIpc) is 2.88. The third-order valence-electron chi connectivity index (χ3n) is 5.14. The fourth-order valence-electron chi connectivity index (χ4n) is 3.53. The van der Waals surface area contributed by atoms with Gasteiger partial charge >= 0.3 is 0 Å². The lowest BCUT2D eigenvalue weighted by molar-refractivity contribution is -0.00260. The van der Waals surface area contributed by atoms with Crippen LogP contribution in [0.15, 0.2) is 24.3 Å². The van der Waals surface area contributed by atoms with Crippen LogP contribution in [0.1, 0.15) is 70.6 Å². The largest absolute Gasteiger partial charge is 0.396 e. The van der Waals surface area contributed by atoms with Crippen LogP contribution in [0.4, 0.5) is 0 Å². The number of rotatable bonds is 14. The van der Waals surface area contributed by atoms with E-state index in [4.69, 9.17) is 9.84 Å². The van der Waals surface area contributed by atoms with Crippen molar-refractivity contribution in [1.82, 2.24) is 0 Å². The quantitative estimate of drug-likeness (QED) is 0.328. The number of hydrogen-bond acceptors (Lipinski definition) is 4. The summed E-state index contributed by atoms with van der Waals surface area (Å²) in [6.07, 6.45) is 18.1. The molecule has 0 amide bonds. The molecule has 3 atom stereocenters. The molecule has 0 spiro atoms. The van der Waals surface area contributed by atoms with E-state index in [2.05, 4.69) is 12.2 Å². The van der Waals surface area contributed by atoms with Gasteiger partial charge in [0.2, 0.25) is 0 Å². The van der Waals surface area contributed by atoms with E-state index < -0.39 is 11.7 Å². The molecule has 1 saturated carbocycles. The first-order chi connectivity index (χ1) is 12.1. The van der Waals surface area contributed by atoms with E-state index in [1.807, 2.05) is 12.2 Å². The Labute approximate surface area is 153 Å². The lowest BCUT2D eigenvalue weighted by atomic mass is 9.86. The van der Waals surface area contributed by atoms with Gasteiger partial charge in [0.1, 0.15) is 0 Å². The predicted octanol–water partition coefficient (Wildman–Crippen LogP) is 3.75. The molecule has 1 unspecified atom stereocenters. The lowest BCUT2D eigenvalue weighted by Gasteiger charge is -2.28. The van der Waals surface area contributed by atoms with Gasteiger partial charge in [-0.15, -0.1) is 0 Å². The monoisotopic (exact) mass is 354 g/mol. The Morgan fingerprint density at radius 1 is 1.00 bits per heavy atom. The molecule has 0 aromatic carbocycles. The number of aliphatic hydroxyl groups excluding tert-OH is 2. The van der Waals surface area contributed by atoms with Crippen LogP contribution in [0, 0.1) is 5.92 Å². The minimum Gasteiger partial charge on any atom is -0.396 e. The number of aliphatic hydroxyl groups is 3. The van der Waals surface area contributed by atoms with Crippen molar-refractivity contribution in [3.63, 3.8) is 0 Å². The number of allylic oxidation sites excluding steroid dienone is 2. The van der Waals surface area contributed by atoms with E-state index >= 15 is 0 Å². The first kappa shape index (κ1) is 22.4. The van der Waals surface area contributed by atoms with Gasteiger partial charge in [-0.3, -0.25) is 0 Å². The summed E-state index contributed by atoms with van der Waals surface area (Å²) in [6.45, 7) is 1.08. The van der Waals surface area contributed by atoms with Crippen LogP contribution in [-0.2, 0) is 4.74 Å². The van der Waals surface area contributed by atoms with E-state index in [1.165, 1.54) is 12.8 Å². The molecule has 25 heavy (non-hydrogen) atoms. The molecular weight excluding hydrogens is 316 g/mol. The number of unbranched alkanes of at least 4 members (excludes halogenated alkanes) is 6. The van der Waals surface area contributed by atoms with Crippen molar-refractivity contribution in [3.05, 3.63) is 24.3 Å². The van der Waals surface area contributed by atoms with Crippen molar-refractivity contribution in [1.29, 1.82) is 0 Å². The summed E-state index contributed by atoms with van der Waals surface area (Å²) in [5.41, 5.74) is -0.818. The maximum atomic E-state index is 10.9. The van der Waals surface area contributed by atoms with Crippen LogP contribution in [0.2, 0.25) is 0 Å². The Morgan fingerprint density at radius 2 is 1.72 bits per heavy atom. The molecular formula is C21H38O4. The maximum Gasteiger partial charge on any atom is 0.0770 e. The fourth-order valence-corrected chi connectivity index (χ4v) is 3.53. The number of ether oxygens (including phenoxy) is 1. The maximum absolute atomic E-state index is 10.9. The molecule has 0 saturated heterocycles. The lowest BCUT2D eigenvalue weighted by Crippen LogP contribution is -2.35. The molecule has 1 aliphatic rings. The molecule has 146 valence electrons. The summed E-state index contributed by atoms with van der Waals surface area (Å²) in [5, 5.41) is 29.9.